The van der Waals surface area contributed by atoms with Crippen LogP contribution in [0.2, 0.25) is 0 Å². The van der Waals surface area contributed by atoms with E-state index in [0.717, 1.165) is 6.07 Å². The average Bonchev–Trinajstić information content (AvgIpc) is 3.32. The maximum atomic E-state index is 13.3. The van der Waals surface area contributed by atoms with Crippen molar-refractivity contribution in [1.82, 2.24) is 24.6 Å². The first-order chi connectivity index (χ1) is 18.0. The lowest BCUT2D eigenvalue weighted by Gasteiger charge is -2.10. The minimum absolute atomic E-state index is 0.0563. The zero-order chi connectivity index (χ0) is 27.6. The second-order valence-electron chi connectivity index (χ2n) is 7.37. The highest BCUT2D eigenvalue weighted by Crippen LogP contribution is 2.26. The topological polar surface area (TPSA) is 150 Å². The Balaban J connectivity index is 1.53. The van der Waals surface area contributed by atoms with E-state index in [2.05, 4.69) is 30.1 Å². The van der Waals surface area contributed by atoms with E-state index in [9.17, 15) is 30.8 Å². The standard InChI is InChI=1S/C21H17F4N7O5S/c1-36-17-9-15(28-21(29-17)37-2)31-38(34,35)11-5-3-10(4-6-11)26-20(33)13-8-16-27-12(18(22)23)7-14(19(24)25)32(16)30-13/h3-9,18-19H,1-2H3,(H,26,33)(H,28,29,31). The van der Waals surface area contributed by atoms with E-state index in [1.807, 2.05) is 0 Å². The fraction of sp³-hybridized carbons (Fsp3) is 0.190. The number of halogens is 4. The minimum atomic E-state index is -4.12. The van der Waals surface area contributed by atoms with Gasteiger partial charge >= 0.3 is 6.01 Å². The molecule has 0 aliphatic heterocycles. The molecule has 0 atom stereocenters. The maximum absolute atomic E-state index is 13.3. The molecule has 0 saturated heterocycles. The van der Waals surface area contributed by atoms with Crippen molar-refractivity contribution in [2.75, 3.05) is 24.3 Å². The summed E-state index contributed by atoms with van der Waals surface area (Å²) in [6.07, 6.45) is -6.26. The van der Waals surface area contributed by atoms with Crippen LogP contribution >= 0.6 is 0 Å². The van der Waals surface area contributed by atoms with Gasteiger partial charge in [0.25, 0.3) is 28.8 Å². The van der Waals surface area contributed by atoms with Gasteiger partial charge in [0.15, 0.2) is 17.2 Å². The van der Waals surface area contributed by atoms with Gasteiger partial charge in [-0.2, -0.15) is 15.1 Å². The zero-order valence-corrected chi connectivity index (χ0v) is 20.2. The van der Waals surface area contributed by atoms with Crippen molar-refractivity contribution >= 4 is 33.1 Å². The smallest absolute Gasteiger partial charge is 0.321 e. The predicted molar refractivity (Wildman–Crippen MR) is 123 cm³/mol. The van der Waals surface area contributed by atoms with Crippen LogP contribution in [-0.2, 0) is 10.0 Å². The first kappa shape index (κ1) is 26.5. The molecule has 0 aliphatic rings. The summed E-state index contributed by atoms with van der Waals surface area (Å²) in [6, 6.07) is 7.49. The number of nitrogens with one attached hydrogen (secondary N) is 2. The number of rotatable bonds is 9. The van der Waals surface area contributed by atoms with Crippen molar-refractivity contribution in [3.63, 3.8) is 0 Å². The van der Waals surface area contributed by atoms with E-state index < -0.39 is 40.2 Å². The third kappa shape index (κ3) is 5.56. The molecule has 1 aromatic carbocycles. The van der Waals surface area contributed by atoms with Crippen LogP contribution in [0.4, 0.5) is 29.1 Å². The van der Waals surface area contributed by atoms with Gasteiger partial charge < -0.3 is 14.8 Å². The van der Waals surface area contributed by atoms with Crippen LogP contribution in [0.15, 0.2) is 47.4 Å². The summed E-state index contributed by atoms with van der Waals surface area (Å²) < 4.78 is 90.9. The number of sulfonamides is 1. The Labute approximate surface area is 211 Å². The van der Waals surface area contributed by atoms with Gasteiger partial charge in [-0.25, -0.2) is 35.5 Å². The highest BCUT2D eigenvalue weighted by molar-refractivity contribution is 7.92. The largest absolute Gasteiger partial charge is 0.481 e. The first-order valence-corrected chi connectivity index (χ1v) is 11.9. The van der Waals surface area contributed by atoms with Crippen molar-refractivity contribution in [3.8, 4) is 11.9 Å². The van der Waals surface area contributed by atoms with Crippen LogP contribution in [-0.4, -0.2) is 53.1 Å². The molecule has 17 heteroatoms. The Morgan fingerprint density at radius 1 is 0.947 bits per heavy atom. The number of hydrogen-bond acceptors (Lipinski definition) is 9. The number of fused-ring (bicyclic) bond motifs is 1. The summed E-state index contributed by atoms with van der Waals surface area (Å²) in [5.74, 6) is -0.936. The van der Waals surface area contributed by atoms with Gasteiger partial charge in [0.1, 0.15) is 11.4 Å². The van der Waals surface area contributed by atoms with Gasteiger partial charge in [-0.1, -0.05) is 0 Å². The molecule has 200 valence electrons. The van der Waals surface area contributed by atoms with Crippen LogP contribution in [0.5, 0.6) is 11.9 Å². The molecule has 4 rings (SSSR count). The van der Waals surface area contributed by atoms with E-state index in [4.69, 9.17) is 9.47 Å². The van der Waals surface area contributed by atoms with E-state index in [0.29, 0.717) is 10.6 Å². The Morgan fingerprint density at radius 3 is 2.26 bits per heavy atom. The summed E-state index contributed by atoms with van der Waals surface area (Å²) in [5, 5.41) is 6.16. The number of carbonyl (C=O) groups is 1. The molecule has 3 aromatic heterocycles. The molecule has 4 aromatic rings. The molecule has 3 heterocycles. The lowest BCUT2D eigenvalue weighted by molar-refractivity contribution is 0.102. The average molecular weight is 555 g/mol. The Bertz CT molecular complexity index is 1580. The maximum Gasteiger partial charge on any atom is 0.321 e. The fourth-order valence-electron chi connectivity index (χ4n) is 3.16. The zero-order valence-electron chi connectivity index (χ0n) is 19.4. The number of methoxy groups -OCH3 is 2. The number of ether oxygens (including phenoxy) is 2. The number of aromatic nitrogens is 5. The summed E-state index contributed by atoms with van der Waals surface area (Å²) in [4.78, 5) is 23.7. The molecular weight excluding hydrogens is 538 g/mol. The number of amides is 1. The van der Waals surface area contributed by atoms with E-state index >= 15 is 0 Å². The van der Waals surface area contributed by atoms with Crippen LogP contribution in [0.3, 0.4) is 0 Å². The number of benzene rings is 1. The Morgan fingerprint density at radius 2 is 1.66 bits per heavy atom. The molecule has 0 aliphatic carbocycles. The molecule has 12 nitrogen and oxygen atoms in total. The highest BCUT2D eigenvalue weighted by Gasteiger charge is 2.22. The van der Waals surface area contributed by atoms with Crippen molar-refractivity contribution in [2.24, 2.45) is 0 Å². The second kappa shape index (κ2) is 10.4. The minimum Gasteiger partial charge on any atom is -0.481 e. The van der Waals surface area contributed by atoms with Gasteiger partial charge in [-0.3, -0.25) is 9.52 Å². The molecule has 1 amide bonds. The van der Waals surface area contributed by atoms with Gasteiger partial charge in [-0.15, -0.1) is 0 Å². The summed E-state index contributed by atoms with van der Waals surface area (Å²) in [5.41, 5.74) is -2.36. The van der Waals surface area contributed by atoms with Crippen LogP contribution in [0, 0.1) is 0 Å². The van der Waals surface area contributed by atoms with E-state index in [-0.39, 0.29) is 39.6 Å². The number of carbonyl (C=O) groups excluding carboxylic acids is 1. The fourth-order valence-corrected chi connectivity index (χ4v) is 4.15. The summed E-state index contributed by atoms with van der Waals surface area (Å²) in [6.45, 7) is 0. The number of alkyl halides is 4. The quantitative estimate of drug-likeness (QED) is 0.296. The van der Waals surface area contributed by atoms with Crippen LogP contribution in [0.1, 0.15) is 34.7 Å². The first-order valence-electron chi connectivity index (χ1n) is 10.4. The molecule has 2 N–H and O–H groups in total. The normalized spacial score (nSPS) is 11.7. The molecule has 0 saturated carbocycles. The third-order valence-corrected chi connectivity index (χ3v) is 6.26. The molecular formula is C21H17F4N7O5S. The monoisotopic (exact) mass is 555 g/mol. The molecule has 38 heavy (non-hydrogen) atoms. The lowest BCUT2D eigenvalue weighted by atomic mass is 10.3. The van der Waals surface area contributed by atoms with Crippen molar-refractivity contribution in [1.29, 1.82) is 0 Å². The van der Waals surface area contributed by atoms with E-state index in [1.165, 1.54) is 44.6 Å². The lowest BCUT2D eigenvalue weighted by Crippen LogP contribution is -2.15. The number of hydrogen-bond donors (Lipinski definition) is 2. The molecule has 0 radical (unpaired) electrons. The van der Waals surface area contributed by atoms with Gasteiger partial charge in [0.05, 0.1) is 19.1 Å². The summed E-state index contributed by atoms with van der Waals surface area (Å²) in [7, 11) is -1.50. The molecule has 0 unspecified atom stereocenters. The van der Waals surface area contributed by atoms with Crippen molar-refractivity contribution in [3.05, 3.63) is 59.5 Å². The van der Waals surface area contributed by atoms with Crippen LogP contribution in [0.25, 0.3) is 5.65 Å². The van der Waals surface area contributed by atoms with Crippen molar-refractivity contribution < 1.29 is 40.2 Å². The Hall–Kier alpha value is -4.54. The highest BCUT2D eigenvalue weighted by atomic mass is 32.2. The van der Waals surface area contributed by atoms with Gasteiger partial charge in [0.2, 0.25) is 5.88 Å². The predicted octanol–water partition coefficient (Wildman–Crippen LogP) is 3.46. The SMILES string of the molecule is COc1cc(NS(=O)(=O)c2ccc(NC(=O)c3cc4nc(C(F)F)cc(C(F)F)n4n3)cc2)nc(OC)n1. The number of nitrogens with zero attached hydrogens (tertiary/aromatic N) is 5. The van der Waals surface area contributed by atoms with Gasteiger partial charge in [-0.05, 0) is 30.3 Å². The Kier molecular flexibility index (Phi) is 7.29. The molecule has 0 bridgehead atoms. The number of anilines is 2. The third-order valence-electron chi connectivity index (χ3n) is 4.89. The van der Waals surface area contributed by atoms with E-state index in [1.54, 1.807) is 0 Å². The molecule has 0 fully saturated rings. The molecule has 0 spiro atoms. The second-order valence-corrected chi connectivity index (χ2v) is 9.06. The summed E-state index contributed by atoms with van der Waals surface area (Å²) >= 11 is 0. The van der Waals surface area contributed by atoms with Gasteiger partial charge in [0, 0.05) is 17.8 Å². The van der Waals surface area contributed by atoms with Crippen molar-refractivity contribution in [2.45, 2.75) is 17.7 Å². The van der Waals surface area contributed by atoms with Crippen LogP contribution < -0.4 is 19.5 Å².